The van der Waals surface area contributed by atoms with Crippen LogP contribution in [0.25, 0.3) is 0 Å². The second-order valence-corrected chi connectivity index (χ2v) is 10.1. The van der Waals surface area contributed by atoms with E-state index in [1.165, 1.54) is 22.0 Å². The molecule has 1 saturated heterocycles. The number of carbonyl (C=O) groups excluding carboxylic acids is 3. The number of nitrogens with one attached hydrogen (secondary N) is 1. The molecule has 3 heterocycles. The molecule has 2 aliphatic heterocycles. The number of carbonyl (C=O) groups is 3. The van der Waals surface area contributed by atoms with Crippen molar-refractivity contribution in [2.24, 2.45) is 11.1 Å². The van der Waals surface area contributed by atoms with Gasteiger partial charge in [0.15, 0.2) is 10.8 Å². The Morgan fingerprint density at radius 1 is 1.52 bits per heavy atom. The maximum Gasteiger partial charge on any atom is 0.355 e. The first-order valence-corrected chi connectivity index (χ1v) is 12.7. The summed E-state index contributed by atoms with van der Waals surface area (Å²) in [6, 6.07) is -0.867. The fourth-order valence-electron chi connectivity index (χ4n) is 3.09. The number of nitrogens with zero attached hydrogens (tertiary/aromatic N) is 3. The molecule has 0 aliphatic carbocycles. The average molecular weight is 486 g/mol. The first-order valence-electron chi connectivity index (χ1n) is 9.35. The maximum absolute atomic E-state index is 12.9. The van der Waals surface area contributed by atoms with Gasteiger partial charge in [-0.15, -0.1) is 23.1 Å². The highest BCUT2D eigenvalue weighted by Gasteiger charge is 2.54. The minimum atomic E-state index is -0.867. The summed E-state index contributed by atoms with van der Waals surface area (Å²) in [6.07, 6.45) is 1.92. The van der Waals surface area contributed by atoms with Crippen LogP contribution in [0.4, 0.5) is 5.13 Å². The zero-order valence-corrected chi connectivity index (χ0v) is 19.6. The van der Waals surface area contributed by atoms with Crippen LogP contribution >= 0.6 is 34.9 Å². The van der Waals surface area contributed by atoms with Crippen molar-refractivity contribution in [1.82, 2.24) is 15.2 Å². The topological polar surface area (TPSA) is 147 Å². The molecule has 3 rings (SSSR count). The molecule has 2 aliphatic rings. The van der Waals surface area contributed by atoms with Gasteiger partial charge in [0.25, 0.3) is 11.8 Å². The number of oxime groups is 1. The average Bonchev–Trinajstić information content (AvgIpc) is 3.16. The first-order chi connectivity index (χ1) is 14.8. The number of anilines is 1. The maximum atomic E-state index is 12.9. The van der Waals surface area contributed by atoms with E-state index in [-0.39, 0.29) is 34.8 Å². The van der Waals surface area contributed by atoms with E-state index in [9.17, 15) is 19.6 Å². The fourth-order valence-corrected chi connectivity index (χ4v) is 5.70. The Balaban J connectivity index is 1.76. The summed E-state index contributed by atoms with van der Waals surface area (Å²) < 4.78 is 5.38. The van der Waals surface area contributed by atoms with Crippen LogP contribution in [0.2, 0.25) is 0 Å². The summed E-state index contributed by atoms with van der Waals surface area (Å²) in [5.74, 6) is -0.407. The molecule has 1 unspecified atom stereocenters. The van der Waals surface area contributed by atoms with E-state index in [0.29, 0.717) is 11.5 Å². The number of nitrogens with two attached hydrogens (primary N) is 1. The molecule has 168 valence electrons. The van der Waals surface area contributed by atoms with Gasteiger partial charge in [0.1, 0.15) is 22.8 Å². The Kier molecular flexibility index (Phi) is 7.49. The van der Waals surface area contributed by atoms with E-state index in [4.69, 9.17) is 10.5 Å². The standard InChI is InChI=1S/C18H23N5O5S3/c1-8(2)4-28-17(26)13-9(5-29-3)6-30-16-12(15(25)23(13)16)21-14(24)11(22-27)10-7-31-18(19)20-10/h7-8,12,16,27H,4-6H2,1-3H3,(H2,19,20)(H,21,24)/t12?,16-/m1/s1. The largest absolute Gasteiger partial charge is 0.461 e. The highest BCUT2D eigenvalue weighted by Crippen LogP contribution is 2.41. The molecular weight excluding hydrogens is 462 g/mol. The molecule has 1 aromatic heterocycles. The molecule has 0 bridgehead atoms. The van der Waals surface area contributed by atoms with Gasteiger partial charge in [-0.2, -0.15) is 11.8 Å². The normalized spacial score (nSPS) is 21.1. The molecule has 0 aromatic carbocycles. The molecule has 4 N–H and O–H groups in total. The van der Waals surface area contributed by atoms with Crippen molar-refractivity contribution in [3.63, 3.8) is 0 Å². The third-order valence-corrected chi connectivity index (χ3v) is 7.12. The fraction of sp³-hybridized carbons (Fsp3) is 0.500. The summed E-state index contributed by atoms with van der Waals surface area (Å²) >= 11 is 4.10. The number of β-lactam (4-membered cyclic amide) rings is 1. The van der Waals surface area contributed by atoms with Crippen LogP contribution in [0.3, 0.4) is 0 Å². The Morgan fingerprint density at radius 3 is 2.84 bits per heavy atom. The van der Waals surface area contributed by atoms with Gasteiger partial charge in [-0.3, -0.25) is 14.5 Å². The Hall–Kier alpha value is -2.25. The molecule has 0 saturated carbocycles. The van der Waals surface area contributed by atoms with Gasteiger partial charge in [-0.25, -0.2) is 9.78 Å². The molecule has 1 fully saturated rings. The van der Waals surface area contributed by atoms with Crippen molar-refractivity contribution in [2.45, 2.75) is 25.3 Å². The number of nitrogen functional groups attached to an aromatic ring is 1. The quantitative estimate of drug-likeness (QED) is 0.162. The molecule has 31 heavy (non-hydrogen) atoms. The lowest BCUT2D eigenvalue weighted by atomic mass is 10.0. The van der Waals surface area contributed by atoms with Crippen LogP contribution in [0.15, 0.2) is 21.8 Å². The van der Waals surface area contributed by atoms with Gasteiger partial charge in [0, 0.05) is 16.9 Å². The number of rotatable bonds is 8. The Labute approximate surface area is 191 Å². The van der Waals surface area contributed by atoms with Crippen LogP contribution in [0, 0.1) is 5.92 Å². The smallest absolute Gasteiger partial charge is 0.355 e. The van der Waals surface area contributed by atoms with E-state index in [1.807, 2.05) is 20.1 Å². The van der Waals surface area contributed by atoms with Crippen LogP contribution in [-0.2, 0) is 19.1 Å². The number of hydrogen-bond acceptors (Lipinski definition) is 11. The van der Waals surface area contributed by atoms with E-state index < -0.39 is 29.2 Å². The summed E-state index contributed by atoms with van der Waals surface area (Å²) in [5.41, 5.74) is 6.44. The molecule has 1 aromatic rings. The van der Waals surface area contributed by atoms with Crippen molar-refractivity contribution < 1.29 is 24.3 Å². The van der Waals surface area contributed by atoms with E-state index in [1.54, 1.807) is 11.8 Å². The number of esters is 1. The van der Waals surface area contributed by atoms with Gasteiger partial charge in [0.05, 0.1) is 6.61 Å². The second-order valence-electron chi connectivity index (χ2n) is 7.26. The minimum Gasteiger partial charge on any atom is -0.461 e. The highest BCUT2D eigenvalue weighted by molar-refractivity contribution is 8.00. The minimum absolute atomic E-state index is 0.113. The molecule has 2 atom stereocenters. The summed E-state index contributed by atoms with van der Waals surface area (Å²) in [6.45, 7) is 4.11. The van der Waals surface area contributed by atoms with Crippen molar-refractivity contribution >= 4 is 63.5 Å². The number of ether oxygens (including phenoxy) is 1. The second kappa shape index (κ2) is 9.92. The van der Waals surface area contributed by atoms with Crippen molar-refractivity contribution in [3.8, 4) is 0 Å². The number of fused-ring (bicyclic) bond motifs is 1. The summed E-state index contributed by atoms with van der Waals surface area (Å²) in [5, 5.41) is 16.1. The predicted molar refractivity (Wildman–Crippen MR) is 121 cm³/mol. The van der Waals surface area contributed by atoms with Crippen LogP contribution in [0.5, 0.6) is 0 Å². The number of hydrogen-bond donors (Lipinski definition) is 3. The first kappa shape index (κ1) is 23.4. The zero-order chi connectivity index (χ0) is 22.7. The third-order valence-electron chi connectivity index (χ3n) is 4.47. The van der Waals surface area contributed by atoms with Gasteiger partial charge in [-0.1, -0.05) is 19.0 Å². The molecule has 2 amide bonds. The molecule has 13 heteroatoms. The van der Waals surface area contributed by atoms with Crippen LogP contribution in [-0.4, -0.2) is 74.4 Å². The lowest BCUT2D eigenvalue weighted by Gasteiger charge is -2.49. The number of aromatic nitrogens is 1. The lowest BCUT2D eigenvalue weighted by molar-refractivity contribution is -0.153. The molecular formula is C18H23N5O5S3. The van der Waals surface area contributed by atoms with Crippen molar-refractivity contribution in [2.75, 3.05) is 30.1 Å². The van der Waals surface area contributed by atoms with Gasteiger partial charge in [0.2, 0.25) is 0 Å². The Morgan fingerprint density at radius 2 is 2.26 bits per heavy atom. The Bertz CT molecular complexity index is 945. The lowest BCUT2D eigenvalue weighted by Crippen LogP contribution is -2.71. The number of amides is 2. The van der Waals surface area contributed by atoms with Crippen molar-refractivity contribution in [1.29, 1.82) is 0 Å². The summed E-state index contributed by atoms with van der Waals surface area (Å²) in [4.78, 5) is 43.6. The van der Waals surface area contributed by atoms with E-state index in [0.717, 1.165) is 16.9 Å². The van der Waals surface area contributed by atoms with Gasteiger partial charge in [-0.05, 0) is 17.7 Å². The van der Waals surface area contributed by atoms with E-state index in [2.05, 4.69) is 15.5 Å². The molecule has 10 nitrogen and oxygen atoms in total. The third kappa shape index (κ3) is 4.83. The zero-order valence-electron chi connectivity index (χ0n) is 17.2. The highest BCUT2D eigenvalue weighted by atomic mass is 32.2. The summed E-state index contributed by atoms with van der Waals surface area (Å²) in [7, 11) is 0. The van der Waals surface area contributed by atoms with Crippen molar-refractivity contribution in [3.05, 3.63) is 22.3 Å². The monoisotopic (exact) mass is 485 g/mol. The molecule has 0 radical (unpaired) electrons. The molecule has 0 spiro atoms. The van der Waals surface area contributed by atoms with Crippen LogP contribution in [0.1, 0.15) is 19.5 Å². The number of thiazole rings is 1. The predicted octanol–water partition coefficient (Wildman–Crippen LogP) is 1.12. The SMILES string of the molecule is CSCC1=C(C(=O)OCC(C)C)N2C(=O)C(NC(=O)C(=NO)c3csc(N)n3)[C@H]2SC1. The van der Waals surface area contributed by atoms with Gasteiger partial charge >= 0.3 is 5.97 Å². The number of thioether (sulfide) groups is 2. The van der Waals surface area contributed by atoms with Crippen LogP contribution < -0.4 is 11.1 Å². The van der Waals surface area contributed by atoms with E-state index >= 15 is 0 Å². The van der Waals surface area contributed by atoms with Gasteiger partial charge < -0.3 is 21.0 Å².